The van der Waals surface area contributed by atoms with E-state index in [1.807, 2.05) is 6.07 Å². The van der Waals surface area contributed by atoms with Gasteiger partial charge in [0.2, 0.25) is 5.91 Å². The van der Waals surface area contributed by atoms with E-state index in [0.29, 0.717) is 12.3 Å². The third-order valence-electron chi connectivity index (χ3n) is 2.59. The molecule has 17 heavy (non-hydrogen) atoms. The maximum Gasteiger partial charge on any atom is 0.224 e. The largest absolute Gasteiger partial charge is 0.508 e. The van der Waals surface area contributed by atoms with Crippen molar-refractivity contribution >= 4 is 21.8 Å². The van der Waals surface area contributed by atoms with E-state index < -0.39 is 0 Å². The summed E-state index contributed by atoms with van der Waals surface area (Å²) in [6.07, 6.45) is 0.296. The molecule has 1 aromatic rings. The molecule has 1 rings (SSSR count). The normalized spacial score (nSPS) is 12.5. The van der Waals surface area contributed by atoms with Gasteiger partial charge in [0.1, 0.15) is 5.75 Å². The van der Waals surface area contributed by atoms with E-state index in [1.54, 1.807) is 18.2 Å². The van der Waals surface area contributed by atoms with Crippen LogP contribution in [0.5, 0.6) is 5.75 Å². The predicted octanol–water partition coefficient (Wildman–Crippen LogP) is 2.47. The van der Waals surface area contributed by atoms with Crippen molar-refractivity contribution in [1.82, 2.24) is 5.32 Å². The van der Waals surface area contributed by atoms with Crippen LogP contribution in [-0.2, 0) is 11.2 Å². The van der Waals surface area contributed by atoms with Crippen molar-refractivity contribution in [3.8, 4) is 5.75 Å². The lowest BCUT2D eigenvalue weighted by Crippen LogP contribution is -2.40. The molecule has 0 bridgehead atoms. The summed E-state index contributed by atoms with van der Waals surface area (Å²) in [7, 11) is 0. The molecular weight excluding hydrogens is 282 g/mol. The van der Waals surface area contributed by atoms with Crippen molar-refractivity contribution in [1.29, 1.82) is 0 Å². The van der Waals surface area contributed by atoms with Gasteiger partial charge in [0, 0.05) is 11.4 Å². The van der Waals surface area contributed by atoms with Gasteiger partial charge >= 0.3 is 0 Å². The summed E-state index contributed by atoms with van der Waals surface area (Å²) in [6, 6.07) is 6.91. The van der Waals surface area contributed by atoms with Crippen molar-refractivity contribution in [2.24, 2.45) is 5.92 Å². The molecule has 0 radical (unpaired) electrons. The minimum absolute atomic E-state index is 0.0197. The Bertz CT molecular complexity index is 379. The molecule has 0 saturated carbocycles. The van der Waals surface area contributed by atoms with Gasteiger partial charge in [-0.25, -0.2) is 0 Å². The molecule has 0 aliphatic rings. The van der Waals surface area contributed by atoms with Gasteiger partial charge in [-0.05, 0) is 23.6 Å². The molecular formula is C13H18BrNO2. The average molecular weight is 300 g/mol. The maximum atomic E-state index is 11.8. The fourth-order valence-corrected chi connectivity index (χ4v) is 2.40. The second-order valence-corrected chi connectivity index (χ2v) is 5.07. The Morgan fingerprint density at radius 1 is 1.47 bits per heavy atom. The quantitative estimate of drug-likeness (QED) is 0.821. The first-order chi connectivity index (χ1) is 8.02. The molecule has 1 aromatic carbocycles. The number of rotatable bonds is 5. The SMILES string of the molecule is CC(C)C(CBr)NC(=O)Cc1cccc(O)c1. The summed E-state index contributed by atoms with van der Waals surface area (Å²) in [4.78, 5) is 11.8. The summed E-state index contributed by atoms with van der Waals surface area (Å²) in [6.45, 7) is 4.14. The van der Waals surface area contributed by atoms with Crippen LogP contribution in [0.4, 0.5) is 0 Å². The van der Waals surface area contributed by atoms with Crippen LogP contribution in [0.25, 0.3) is 0 Å². The summed E-state index contributed by atoms with van der Waals surface area (Å²) in [5.74, 6) is 0.562. The van der Waals surface area contributed by atoms with Gasteiger partial charge in [-0.15, -0.1) is 0 Å². The highest BCUT2D eigenvalue weighted by atomic mass is 79.9. The predicted molar refractivity (Wildman–Crippen MR) is 72.4 cm³/mol. The van der Waals surface area contributed by atoms with Gasteiger partial charge in [-0.1, -0.05) is 41.9 Å². The van der Waals surface area contributed by atoms with E-state index in [-0.39, 0.29) is 17.7 Å². The molecule has 3 nitrogen and oxygen atoms in total. The highest BCUT2D eigenvalue weighted by Gasteiger charge is 2.14. The number of halogens is 1. The van der Waals surface area contributed by atoms with Crippen molar-refractivity contribution in [3.05, 3.63) is 29.8 Å². The molecule has 0 heterocycles. The van der Waals surface area contributed by atoms with Crippen LogP contribution >= 0.6 is 15.9 Å². The Balaban J connectivity index is 2.55. The number of amides is 1. The number of benzene rings is 1. The molecule has 0 fully saturated rings. The first-order valence-electron chi connectivity index (χ1n) is 5.66. The second kappa shape index (κ2) is 6.64. The van der Waals surface area contributed by atoms with Crippen LogP contribution in [0.15, 0.2) is 24.3 Å². The molecule has 1 unspecified atom stereocenters. The number of nitrogens with one attached hydrogen (secondary N) is 1. The maximum absolute atomic E-state index is 11.8. The third-order valence-corrected chi connectivity index (χ3v) is 3.29. The topological polar surface area (TPSA) is 49.3 Å². The molecule has 1 amide bonds. The van der Waals surface area contributed by atoms with Gasteiger partial charge in [0.25, 0.3) is 0 Å². The second-order valence-electron chi connectivity index (χ2n) is 4.42. The Labute approximate surface area is 110 Å². The minimum Gasteiger partial charge on any atom is -0.508 e. The Morgan fingerprint density at radius 3 is 2.71 bits per heavy atom. The van der Waals surface area contributed by atoms with Crippen molar-refractivity contribution < 1.29 is 9.90 Å². The highest BCUT2D eigenvalue weighted by molar-refractivity contribution is 9.09. The zero-order chi connectivity index (χ0) is 12.8. The standard InChI is InChI=1S/C13H18BrNO2/c1-9(2)12(8-14)15-13(17)7-10-4-3-5-11(16)6-10/h3-6,9,12,16H,7-8H2,1-2H3,(H,15,17). The molecule has 1 atom stereocenters. The molecule has 0 aromatic heterocycles. The molecule has 4 heteroatoms. The van der Waals surface area contributed by atoms with Gasteiger partial charge in [-0.3, -0.25) is 4.79 Å². The van der Waals surface area contributed by atoms with Crippen LogP contribution in [0.2, 0.25) is 0 Å². The van der Waals surface area contributed by atoms with Crippen molar-refractivity contribution in [3.63, 3.8) is 0 Å². The lowest BCUT2D eigenvalue weighted by atomic mass is 10.1. The lowest BCUT2D eigenvalue weighted by Gasteiger charge is -2.19. The summed E-state index contributed by atoms with van der Waals surface area (Å²) in [5.41, 5.74) is 0.819. The van der Waals surface area contributed by atoms with E-state index in [4.69, 9.17) is 0 Å². The van der Waals surface area contributed by atoms with Gasteiger partial charge < -0.3 is 10.4 Å². The first-order valence-corrected chi connectivity index (χ1v) is 6.78. The van der Waals surface area contributed by atoms with Gasteiger partial charge in [0.15, 0.2) is 0 Å². The zero-order valence-electron chi connectivity index (χ0n) is 10.1. The molecule has 0 saturated heterocycles. The molecule has 0 spiro atoms. The molecule has 2 N–H and O–H groups in total. The number of hydrogen-bond acceptors (Lipinski definition) is 2. The minimum atomic E-state index is -0.0197. The summed E-state index contributed by atoms with van der Waals surface area (Å²) >= 11 is 3.39. The van der Waals surface area contributed by atoms with Crippen LogP contribution in [-0.4, -0.2) is 22.4 Å². The van der Waals surface area contributed by atoms with Gasteiger partial charge in [0.05, 0.1) is 6.42 Å². The van der Waals surface area contributed by atoms with Crippen molar-refractivity contribution in [2.75, 3.05) is 5.33 Å². The summed E-state index contributed by atoms with van der Waals surface area (Å²) in [5, 5.41) is 13.0. The van der Waals surface area contributed by atoms with Crippen LogP contribution in [0.1, 0.15) is 19.4 Å². The van der Waals surface area contributed by atoms with E-state index >= 15 is 0 Å². The zero-order valence-corrected chi connectivity index (χ0v) is 11.7. The number of phenols is 1. The van der Waals surface area contributed by atoms with E-state index in [0.717, 1.165) is 10.9 Å². The number of aromatic hydroxyl groups is 1. The van der Waals surface area contributed by atoms with Gasteiger partial charge in [-0.2, -0.15) is 0 Å². The molecule has 0 aliphatic heterocycles. The smallest absolute Gasteiger partial charge is 0.224 e. The fraction of sp³-hybridized carbons (Fsp3) is 0.462. The van der Waals surface area contributed by atoms with Crippen LogP contribution in [0, 0.1) is 5.92 Å². The summed E-state index contributed by atoms with van der Waals surface area (Å²) < 4.78 is 0. The first kappa shape index (κ1) is 14.0. The third kappa shape index (κ3) is 4.77. The van der Waals surface area contributed by atoms with E-state index in [2.05, 4.69) is 35.1 Å². The van der Waals surface area contributed by atoms with Crippen LogP contribution < -0.4 is 5.32 Å². The van der Waals surface area contributed by atoms with E-state index in [1.165, 1.54) is 0 Å². The molecule has 0 aliphatic carbocycles. The van der Waals surface area contributed by atoms with E-state index in [9.17, 15) is 9.90 Å². The number of carbonyl (C=O) groups excluding carboxylic acids is 1. The Kier molecular flexibility index (Phi) is 5.48. The van der Waals surface area contributed by atoms with Crippen LogP contribution in [0.3, 0.4) is 0 Å². The number of hydrogen-bond donors (Lipinski definition) is 2. The Hall–Kier alpha value is -1.03. The highest BCUT2D eigenvalue weighted by Crippen LogP contribution is 2.12. The number of phenolic OH excluding ortho intramolecular Hbond substituents is 1. The monoisotopic (exact) mass is 299 g/mol. The lowest BCUT2D eigenvalue weighted by molar-refractivity contribution is -0.121. The number of alkyl halides is 1. The molecule has 94 valence electrons. The van der Waals surface area contributed by atoms with Crippen molar-refractivity contribution in [2.45, 2.75) is 26.3 Å². The Morgan fingerprint density at radius 2 is 2.18 bits per heavy atom. The number of carbonyl (C=O) groups is 1. The fourth-order valence-electron chi connectivity index (χ4n) is 1.49. The average Bonchev–Trinajstić information content (AvgIpc) is 2.25.